The number of methoxy groups -OCH3 is 2. The summed E-state index contributed by atoms with van der Waals surface area (Å²) in [6, 6.07) is 2.02. The molecule has 15 heteroatoms. The topological polar surface area (TPSA) is 175 Å². The molecule has 0 aliphatic carbocycles. The molecule has 2 saturated heterocycles. The van der Waals surface area contributed by atoms with Crippen molar-refractivity contribution in [2.75, 3.05) is 27.3 Å². The minimum atomic E-state index is -0.704. The summed E-state index contributed by atoms with van der Waals surface area (Å²) in [4.78, 5) is 71.6. The third-order valence-electron chi connectivity index (χ3n) is 8.99. The van der Waals surface area contributed by atoms with Gasteiger partial charge < -0.3 is 39.9 Å². The van der Waals surface area contributed by atoms with Gasteiger partial charge >= 0.3 is 12.2 Å². The number of nitrogens with zero attached hydrogens (tertiary/aromatic N) is 4. The van der Waals surface area contributed by atoms with Crippen LogP contribution in [0.1, 0.15) is 87.7 Å². The van der Waals surface area contributed by atoms with Crippen molar-refractivity contribution < 1.29 is 28.7 Å². The molecule has 0 saturated carbocycles. The standard InChI is InChI=1S/C36H44N8O6S/c1-21(2)29(41-35(47)49-5)33(45)43-17-9-13-26(43)31-37-19-23(39-31)11-7-8-12-24-15-16-28(51-24)25-20-38-32(40-25)27-14-10-18-44(27)34(46)30(22(3)4)42-36(48)50-6/h15-16,19-22,26-27,29-30H,9-10,13-14,17-18H2,1-6H3,(H,37,39)(H,38,40)(H,41,47)(H,42,48)/t26-,27-,29-,30-/m0/s1. The zero-order chi connectivity index (χ0) is 36.7. The van der Waals surface area contributed by atoms with Crippen LogP contribution in [0.5, 0.6) is 0 Å². The van der Waals surface area contributed by atoms with Gasteiger partial charge in [0.15, 0.2) is 0 Å². The lowest BCUT2D eigenvalue weighted by Crippen LogP contribution is -2.51. The van der Waals surface area contributed by atoms with Crippen molar-refractivity contribution in [2.45, 2.75) is 77.5 Å². The Balaban J connectivity index is 1.21. The van der Waals surface area contributed by atoms with Crippen LogP contribution < -0.4 is 10.6 Å². The molecule has 0 spiro atoms. The van der Waals surface area contributed by atoms with Gasteiger partial charge in [-0.1, -0.05) is 27.7 Å². The Hall–Kier alpha value is -5.28. The van der Waals surface area contributed by atoms with Crippen molar-refractivity contribution in [1.29, 1.82) is 0 Å². The van der Waals surface area contributed by atoms with Crippen LogP contribution in [0.2, 0.25) is 0 Å². The van der Waals surface area contributed by atoms with E-state index in [2.05, 4.69) is 54.3 Å². The Morgan fingerprint density at radius 3 is 1.88 bits per heavy atom. The van der Waals surface area contributed by atoms with Gasteiger partial charge in [0.05, 0.1) is 54.1 Å². The number of hydrogen-bond acceptors (Lipinski definition) is 9. The molecule has 5 heterocycles. The normalized spacial score (nSPS) is 18.0. The molecule has 4 atom stereocenters. The fourth-order valence-corrected chi connectivity index (χ4v) is 7.15. The molecule has 3 aromatic rings. The quantitative estimate of drug-likeness (QED) is 0.237. The first kappa shape index (κ1) is 37.0. The van der Waals surface area contributed by atoms with Gasteiger partial charge in [-0.15, -0.1) is 11.3 Å². The van der Waals surface area contributed by atoms with E-state index < -0.39 is 24.3 Å². The lowest BCUT2D eigenvalue weighted by atomic mass is 10.0. The highest BCUT2D eigenvalue weighted by molar-refractivity contribution is 7.16. The number of ether oxygens (including phenoxy) is 2. The first-order chi connectivity index (χ1) is 24.5. The number of H-pyrrole nitrogens is 2. The van der Waals surface area contributed by atoms with E-state index >= 15 is 0 Å². The molecule has 0 aromatic carbocycles. The number of hydrogen-bond donors (Lipinski definition) is 4. The zero-order valence-electron chi connectivity index (χ0n) is 29.7. The Kier molecular flexibility index (Phi) is 12.1. The number of imidazole rings is 2. The smallest absolute Gasteiger partial charge is 0.407 e. The average Bonchev–Trinajstić information content (AvgIpc) is 3.95. The second kappa shape index (κ2) is 16.6. The number of nitrogens with one attached hydrogen (secondary N) is 4. The summed E-state index contributed by atoms with van der Waals surface area (Å²) in [5, 5.41) is 5.33. The maximum atomic E-state index is 13.5. The minimum Gasteiger partial charge on any atom is -0.453 e. The summed E-state index contributed by atoms with van der Waals surface area (Å²) in [5.74, 6) is 12.7. The molecule has 4 N–H and O–H groups in total. The molecule has 2 aliphatic heterocycles. The molecule has 0 bridgehead atoms. The summed E-state index contributed by atoms with van der Waals surface area (Å²) in [5.41, 5.74) is 1.41. The van der Waals surface area contributed by atoms with Crippen LogP contribution in [0.15, 0.2) is 24.5 Å². The highest BCUT2D eigenvalue weighted by atomic mass is 32.1. The zero-order valence-corrected chi connectivity index (χ0v) is 30.5. The molecule has 270 valence electrons. The van der Waals surface area contributed by atoms with E-state index in [4.69, 9.17) is 9.47 Å². The molecular formula is C36H44N8O6S. The Morgan fingerprint density at radius 1 is 0.804 bits per heavy atom. The first-order valence-corrected chi connectivity index (χ1v) is 17.8. The molecule has 2 fully saturated rings. The number of aromatic amines is 2. The number of alkyl carbamates (subject to hydrolysis) is 2. The molecule has 0 unspecified atom stereocenters. The van der Waals surface area contributed by atoms with Crippen LogP contribution in [0.3, 0.4) is 0 Å². The summed E-state index contributed by atoms with van der Waals surface area (Å²) < 4.78 is 9.44. The third kappa shape index (κ3) is 8.72. The van der Waals surface area contributed by atoms with E-state index in [9.17, 15) is 19.2 Å². The molecule has 2 aliphatic rings. The van der Waals surface area contributed by atoms with Crippen LogP contribution in [-0.4, -0.2) is 93.1 Å². The molecule has 5 rings (SSSR count). The number of rotatable bonds is 9. The van der Waals surface area contributed by atoms with E-state index in [1.165, 1.54) is 25.6 Å². The maximum Gasteiger partial charge on any atom is 0.407 e. The summed E-state index contributed by atoms with van der Waals surface area (Å²) in [6.07, 6.45) is 5.29. The average molecular weight is 717 g/mol. The van der Waals surface area contributed by atoms with Crippen molar-refractivity contribution in [3.05, 3.63) is 46.7 Å². The predicted molar refractivity (Wildman–Crippen MR) is 190 cm³/mol. The number of carbonyl (C=O) groups is 4. The van der Waals surface area contributed by atoms with Gasteiger partial charge in [-0.25, -0.2) is 19.6 Å². The number of aromatic nitrogens is 4. The van der Waals surface area contributed by atoms with Gasteiger partial charge in [-0.2, -0.15) is 0 Å². The van der Waals surface area contributed by atoms with E-state index in [-0.39, 0.29) is 35.7 Å². The van der Waals surface area contributed by atoms with Gasteiger partial charge in [0.2, 0.25) is 11.8 Å². The second-order valence-electron chi connectivity index (χ2n) is 13.1. The van der Waals surface area contributed by atoms with E-state index in [1.54, 1.807) is 22.2 Å². The van der Waals surface area contributed by atoms with E-state index in [1.807, 2.05) is 39.8 Å². The first-order valence-electron chi connectivity index (χ1n) is 17.0. The van der Waals surface area contributed by atoms with Gasteiger partial charge in [-0.05, 0) is 73.3 Å². The van der Waals surface area contributed by atoms with Gasteiger partial charge in [-0.3, -0.25) is 9.59 Å². The van der Waals surface area contributed by atoms with Gasteiger partial charge in [0.25, 0.3) is 0 Å². The van der Waals surface area contributed by atoms with Crippen molar-refractivity contribution >= 4 is 35.3 Å². The number of likely N-dealkylation sites (tertiary alicyclic amines) is 2. The highest BCUT2D eigenvalue weighted by Crippen LogP contribution is 2.34. The summed E-state index contributed by atoms with van der Waals surface area (Å²) in [7, 11) is 2.55. The summed E-state index contributed by atoms with van der Waals surface area (Å²) >= 11 is 1.50. The molecule has 14 nitrogen and oxygen atoms in total. The lowest BCUT2D eigenvalue weighted by molar-refractivity contribution is -0.136. The molecule has 3 aromatic heterocycles. The van der Waals surface area contributed by atoms with Crippen LogP contribution >= 0.6 is 11.3 Å². The predicted octanol–water partition coefficient (Wildman–Crippen LogP) is 4.35. The lowest BCUT2D eigenvalue weighted by Gasteiger charge is -2.30. The fraction of sp³-hybridized carbons (Fsp3) is 0.500. The van der Waals surface area contributed by atoms with Gasteiger partial charge in [0, 0.05) is 13.1 Å². The monoisotopic (exact) mass is 716 g/mol. The van der Waals surface area contributed by atoms with Gasteiger partial charge in [0.1, 0.15) is 29.4 Å². The third-order valence-corrected chi connectivity index (χ3v) is 10.0. The van der Waals surface area contributed by atoms with Crippen molar-refractivity contribution in [1.82, 2.24) is 40.4 Å². The van der Waals surface area contributed by atoms with Crippen LogP contribution in [-0.2, 0) is 19.1 Å². The fourth-order valence-electron chi connectivity index (χ4n) is 6.33. The van der Waals surface area contributed by atoms with Crippen molar-refractivity contribution in [3.8, 4) is 34.3 Å². The molecule has 4 amide bonds. The number of thiophene rings is 1. The Morgan fingerprint density at radius 2 is 1.33 bits per heavy atom. The van der Waals surface area contributed by atoms with Crippen molar-refractivity contribution in [3.63, 3.8) is 0 Å². The van der Waals surface area contributed by atoms with Crippen LogP contribution in [0.25, 0.3) is 10.6 Å². The highest BCUT2D eigenvalue weighted by Gasteiger charge is 2.39. The Bertz CT molecular complexity index is 1860. The molecular weight excluding hydrogens is 673 g/mol. The van der Waals surface area contributed by atoms with Crippen molar-refractivity contribution in [2.24, 2.45) is 11.8 Å². The van der Waals surface area contributed by atoms with Crippen LogP contribution in [0.4, 0.5) is 9.59 Å². The molecule has 51 heavy (non-hydrogen) atoms. The minimum absolute atomic E-state index is 0.112. The second-order valence-corrected chi connectivity index (χ2v) is 14.2. The number of amides is 4. The maximum absolute atomic E-state index is 13.5. The Labute approximate surface area is 301 Å². The summed E-state index contributed by atoms with van der Waals surface area (Å²) in [6.45, 7) is 8.68. The number of carbonyl (C=O) groups excluding carboxylic acids is 4. The van der Waals surface area contributed by atoms with E-state index in [0.29, 0.717) is 30.4 Å². The SMILES string of the molecule is COC(=O)N[C@H](C(=O)N1CCC[C@H]1c1ncc(C#CC#Cc2ccc(-c3cnc([C@@H]4CCCN4C(=O)[C@@H](NC(=O)OC)C(C)C)[nH]3)s2)[nH]1)C(C)C. The van der Waals surface area contributed by atoms with E-state index in [0.717, 1.165) is 41.1 Å². The van der Waals surface area contributed by atoms with Crippen LogP contribution in [0, 0.1) is 35.5 Å². The molecule has 0 radical (unpaired) electrons. The largest absolute Gasteiger partial charge is 0.453 e.